The van der Waals surface area contributed by atoms with Crippen LogP contribution >= 0.6 is 0 Å². The molecule has 21 heavy (non-hydrogen) atoms. The molecule has 0 spiro atoms. The van der Waals surface area contributed by atoms with Crippen LogP contribution in [0.5, 0.6) is 0 Å². The van der Waals surface area contributed by atoms with E-state index in [4.69, 9.17) is 0 Å². The smallest absolute Gasteiger partial charge is 0.0326 e. The Hall–Kier alpha value is 0. The third-order valence-electron chi connectivity index (χ3n) is 4.70. The molecule has 0 aromatic heterocycles. The molecule has 0 heterocycles. The number of rotatable bonds is 16. The van der Waals surface area contributed by atoms with Crippen molar-refractivity contribution in [3.8, 4) is 0 Å². The van der Waals surface area contributed by atoms with Gasteiger partial charge in [0.2, 0.25) is 0 Å². The van der Waals surface area contributed by atoms with E-state index in [0.29, 0.717) is 0 Å². The van der Waals surface area contributed by atoms with E-state index in [9.17, 15) is 0 Å². The summed E-state index contributed by atoms with van der Waals surface area (Å²) in [5.41, 5.74) is 0. The average Bonchev–Trinajstić information content (AvgIpc) is 2.47. The van der Waals surface area contributed by atoms with Gasteiger partial charge in [-0.1, -0.05) is 118 Å². The highest BCUT2D eigenvalue weighted by Gasteiger charge is 2.12. The fourth-order valence-electron chi connectivity index (χ4n) is 3.35. The average molecular weight is 296 g/mol. The molecule has 2 atom stereocenters. The maximum Gasteiger partial charge on any atom is -0.0326 e. The molecule has 0 heteroatoms. The molecule has 0 saturated carbocycles. The zero-order valence-electron chi connectivity index (χ0n) is 15.6. The van der Waals surface area contributed by atoms with Crippen LogP contribution in [0.1, 0.15) is 118 Å². The first-order chi connectivity index (χ1) is 10.2. The Morgan fingerprint density at radius 3 is 1.62 bits per heavy atom. The molecule has 127 valence electrons. The second-order valence-electron chi connectivity index (χ2n) is 7.12. The molecule has 0 saturated heterocycles. The van der Waals surface area contributed by atoms with Gasteiger partial charge in [-0.15, -0.1) is 0 Å². The number of hydrogen-bond donors (Lipinski definition) is 0. The highest BCUT2D eigenvalue weighted by atomic mass is 14.2. The monoisotopic (exact) mass is 295 g/mol. The van der Waals surface area contributed by atoms with Gasteiger partial charge < -0.3 is 0 Å². The first kappa shape index (κ1) is 21.0. The predicted octanol–water partition coefficient (Wildman–Crippen LogP) is 7.96. The second kappa shape index (κ2) is 16.4. The van der Waals surface area contributed by atoms with Crippen LogP contribution in [0.3, 0.4) is 0 Å². The summed E-state index contributed by atoms with van der Waals surface area (Å²) in [6.45, 7) is 9.38. The van der Waals surface area contributed by atoms with Crippen LogP contribution in [0.2, 0.25) is 0 Å². The maximum absolute atomic E-state index is 2.70. The molecule has 1 radical (unpaired) electrons. The van der Waals surface area contributed by atoms with Gasteiger partial charge in [0.25, 0.3) is 0 Å². The van der Waals surface area contributed by atoms with E-state index in [1.54, 1.807) is 0 Å². The molecule has 0 aliphatic rings. The van der Waals surface area contributed by atoms with E-state index in [0.717, 1.165) is 11.8 Å². The summed E-state index contributed by atoms with van der Waals surface area (Å²) in [5.74, 6) is 1.72. The van der Waals surface area contributed by atoms with Gasteiger partial charge in [-0.05, 0) is 18.3 Å². The number of hydrogen-bond acceptors (Lipinski definition) is 0. The van der Waals surface area contributed by atoms with Gasteiger partial charge in [-0.2, -0.15) is 0 Å². The first-order valence-electron chi connectivity index (χ1n) is 10.1. The molecule has 2 unspecified atom stereocenters. The van der Waals surface area contributed by atoms with Gasteiger partial charge in [0.05, 0.1) is 0 Å². The maximum atomic E-state index is 2.70. The van der Waals surface area contributed by atoms with Crippen LogP contribution in [-0.4, -0.2) is 0 Å². The SMILES string of the molecule is CCCCCCCC(C)[CH]C(CCC)CCCCCCC. The lowest BCUT2D eigenvalue weighted by Crippen LogP contribution is -2.08. The summed E-state index contributed by atoms with van der Waals surface area (Å²) in [6, 6.07) is 0. The lowest BCUT2D eigenvalue weighted by Gasteiger charge is -2.20. The lowest BCUT2D eigenvalue weighted by molar-refractivity contribution is 0.408. The van der Waals surface area contributed by atoms with E-state index in [1.165, 1.54) is 89.9 Å². The van der Waals surface area contributed by atoms with Crippen molar-refractivity contribution in [3.63, 3.8) is 0 Å². The molecular weight excluding hydrogens is 252 g/mol. The van der Waals surface area contributed by atoms with E-state index >= 15 is 0 Å². The zero-order valence-corrected chi connectivity index (χ0v) is 15.6. The number of unbranched alkanes of at least 4 members (excludes halogenated alkanes) is 8. The Kier molecular flexibility index (Phi) is 16.4. The topological polar surface area (TPSA) is 0 Å². The van der Waals surface area contributed by atoms with E-state index in [2.05, 4.69) is 34.1 Å². The summed E-state index contributed by atoms with van der Waals surface area (Å²) < 4.78 is 0. The van der Waals surface area contributed by atoms with E-state index in [1.807, 2.05) is 0 Å². The van der Waals surface area contributed by atoms with Crippen molar-refractivity contribution in [1.82, 2.24) is 0 Å². The van der Waals surface area contributed by atoms with Gasteiger partial charge in [0.15, 0.2) is 0 Å². The third-order valence-corrected chi connectivity index (χ3v) is 4.70. The highest BCUT2D eigenvalue weighted by Crippen LogP contribution is 2.25. The Labute approximate surface area is 136 Å². The highest BCUT2D eigenvalue weighted by molar-refractivity contribution is 4.81. The molecule has 0 fully saturated rings. The van der Waals surface area contributed by atoms with Gasteiger partial charge in [-0.25, -0.2) is 0 Å². The van der Waals surface area contributed by atoms with Crippen molar-refractivity contribution in [2.45, 2.75) is 118 Å². The van der Waals surface area contributed by atoms with Crippen LogP contribution < -0.4 is 0 Å². The molecule has 0 amide bonds. The molecule has 0 aliphatic heterocycles. The minimum atomic E-state index is 0.832. The molecule has 0 bridgehead atoms. The van der Waals surface area contributed by atoms with Crippen molar-refractivity contribution < 1.29 is 0 Å². The zero-order chi connectivity index (χ0) is 15.8. The van der Waals surface area contributed by atoms with Gasteiger partial charge in [0, 0.05) is 0 Å². The van der Waals surface area contributed by atoms with E-state index in [-0.39, 0.29) is 0 Å². The molecule has 0 nitrogen and oxygen atoms in total. The second-order valence-corrected chi connectivity index (χ2v) is 7.12. The Balaban J connectivity index is 3.68. The first-order valence-corrected chi connectivity index (χ1v) is 10.1. The third kappa shape index (κ3) is 14.7. The largest absolute Gasteiger partial charge is 0.0654 e. The summed E-state index contributed by atoms with van der Waals surface area (Å²) in [4.78, 5) is 0. The van der Waals surface area contributed by atoms with Crippen molar-refractivity contribution in [2.24, 2.45) is 11.8 Å². The lowest BCUT2D eigenvalue weighted by atomic mass is 9.85. The molecule has 0 aromatic rings. The normalized spacial score (nSPS) is 14.3. The van der Waals surface area contributed by atoms with Crippen molar-refractivity contribution >= 4 is 0 Å². The minimum absolute atomic E-state index is 0.832. The Morgan fingerprint density at radius 2 is 1.10 bits per heavy atom. The molecular formula is C21H43. The summed E-state index contributed by atoms with van der Waals surface area (Å²) in [7, 11) is 0. The van der Waals surface area contributed by atoms with Crippen LogP contribution in [0.15, 0.2) is 0 Å². The predicted molar refractivity (Wildman–Crippen MR) is 98.6 cm³/mol. The fraction of sp³-hybridized carbons (Fsp3) is 0.952. The van der Waals surface area contributed by atoms with Crippen LogP contribution in [0.25, 0.3) is 0 Å². The van der Waals surface area contributed by atoms with Crippen LogP contribution in [0.4, 0.5) is 0 Å². The molecule has 0 N–H and O–H groups in total. The quantitative estimate of drug-likeness (QED) is 0.253. The molecule has 0 rings (SSSR count). The van der Waals surface area contributed by atoms with Crippen molar-refractivity contribution in [2.75, 3.05) is 0 Å². The van der Waals surface area contributed by atoms with Crippen molar-refractivity contribution in [3.05, 3.63) is 6.42 Å². The van der Waals surface area contributed by atoms with E-state index < -0.39 is 0 Å². The molecule has 0 aromatic carbocycles. The van der Waals surface area contributed by atoms with Gasteiger partial charge >= 0.3 is 0 Å². The Bertz CT molecular complexity index is 184. The van der Waals surface area contributed by atoms with Crippen molar-refractivity contribution in [1.29, 1.82) is 0 Å². The van der Waals surface area contributed by atoms with Crippen LogP contribution in [0, 0.1) is 18.3 Å². The standard InChI is InChI=1S/C21H43/c1-5-8-10-12-14-17-20(4)19-21(16-7-3)18-15-13-11-9-6-2/h19-21H,5-18H2,1-4H3. The minimum Gasteiger partial charge on any atom is -0.0654 e. The van der Waals surface area contributed by atoms with Gasteiger partial charge in [-0.3, -0.25) is 0 Å². The fourth-order valence-corrected chi connectivity index (χ4v) is 3.35. The Morgan fingerprint density at radius 1 is 0.571 bits per heavy atom. The summed E-state index contributed by atoms with van der Waals surface area (Å²) in [5, 5.41) is 0. The molecule has 0 aliphatic carbocycles. The summed E-state index contributed by atoms with van der Waals surface area (Å²) >= 11 is 0. The van der Waals surface area contributed by atoms with Gasteiger partial charge in [0.1, 0.15) is 0 Å². The van der Waals surface area contributed by atoms with Crippen LogP contribution in [-0.2, 0) is 0 Å². The summed E-state index contributed by atoms with van der Waals surface area (Å²) in [6.07, 6.45) is 22.6.